The average Bonchev–Trinajstić information content (AvgIpc) is 2.31. The number of rotatable bonds is 5. The fourth-order valence-corrected chi connectivity index (χ4v) is 1.48. The predicted octanol–water partition coefficient (Wildman–Crippen LogP) is 0.688. The van der Waals surface area contributed by atoms with Gasteiger partial charge in [0.2, 0.25) is 5.91 Å². The highest BCUT2D eigenvalue weighted by Crippen LogP contribution is 2.19. The van der Waals surface area contributed by atoms with Crippen LogP contribution in [0.4, 0.5) is 5.69 Å². The first kappa shape index (κ1) is 14.6. The molecule has 1 aromatic rings. The second-order valence-corrected chi connectivity index (χ2v) is 6.18. The number of aromatic nitrogens is 1. The van der Waals surface area contributed by atoms with Gasteiger partial charge in [0, 0.05) is 29.2 Å². The second kappa shape index (κ2) is 5.95. The topological polar surface area (TPSA) is 77.1 Å². The van der Waals surface area contributed by atoms with E-state index in [1.165, 1.54) is 22.9 Å². The molecular formula is C12H19N3O2S. The molecule has 0 saturated heterocycles. The summed E-state index contributed by atoms with van der Waals surface area (Å²) in [5.41, 5.74) is 5.80. The summed E-state index contributed by atoms with van der Waals surface area (Å²) in [6.45, 7) is 4.65. The Balaban J connectivity index is 2.60. The molecule has 100 valence electrons. The first-order valence-corrected chi connectivity index (χ1v) is 6.84. The molecule has 0 unspecified atom stereocenters. The zero-order valence-corrected chi connectivity index (χ0v) is 11.7. The summed E-state index contributed by atoms with van der Waals surface area (Å²) in [6.07, 6.45) is 3.47. The summed E-state index contributed by atoms with van der Waals surface area (Å²) in [5.74, 6) is -0.190. The van der Waals surface area contributed by atoms with Gasteiger partial charge in [0.05, 0.1) is 0 Å². The number of amides is 1. The van der Waals surface area contributed by atoms with Gasteiger partial charge in [-0.15, -0.1) is 0 Å². The molecule has 0 spiro atoms. The number of anilines is 1. The van der Waals surface area contributed by atoms with Crippen LogP contribution in [-0.2, 0) is 11.3 Å². The summed E-state index contributed by atoms with van der Waals surface area (Å²) in [7, 11) is 0. The highest BCUT2D eigenvalue weighted by Gasteiger charge is 2.17. The second-order valence-electron chi connectivity index (χ2n) is 4.67. The first-order valence-electron chi connectivity index (χ1n) is 5.62. The molecule has 0 atom stereocenters. The summed E-state index contributed by atoms with van der Waals surface area (Å²) in [6, 6.07) is 2.88. The van der Waals surface area contributed by atoms with E-state index in [1.54, 1.807) is 11.8 Å². The van der Waals surface area contributed by atoms with Crippen LogP contribution in [0.5, 0.6) is 0 Å². The van der Waals surface area contributed by atoms with Crippen molar-refractivity contribution < 1.29 is 4.79 Å². The minimum absolute atomic E-state index is 0.00562. The monoisotopic (exact) mass is 269 g/mol. The van der Waals surface area contributed by atoms with Gasteiger partial charge >= 0.3 is 0 Å². The lowest BCUT2D eigenvalue weighted by Crippen LogP contribution is -2.39. The van der Waals surface area contributed by atoms with Gasteiger partial charge < -0.3 is 15.6 Å². The largest absolute Gasteiger partial charge is 0.398 e. The Morgan fingerprint density at radius 3 is 2.78 bits per heavy atom. The van der Waals surface area contributed by atoms with E-state index in [4.69, 9.17) is 5.73 Å². The van der Waals surface area contributed by atoms with Gasteiger partial charge in [-0.3, -0.25) is 9.59 Å². The van der Waals surface area contributed by atoms with E-state index < -0.39 is 0 Å². The molecule has 0 aliphatic carbocycles. The van der Waals surface area contributed by atoms with Gasteiger partial charge in [0.1, 0.15) is 6.54 Å². The quantitative estimate of drug-likeness (QED) is 0.824. The van der Waals surface area contributed by atoms with E-state index >= 15 is 0 Å². The molecule has 0 bridgehead atoms. The molecule has 1 rings (SSSR count). The molecule has 1 amide bonds. The van der Waals surface area contributed by atoms with Gasteiger partial charge in [-0.05, 0) is 26.2 Å². The van der Waals surface area contributed by atoms with Gasteiger partial charge in [-0.25, -0.2) is 0 Å². The summed E-state index contributed by atoms with van der Waals surface area (Å²) >= 11 is 1.68. The molecule has 0 aromatic carbocycles. The fourth-order valence-electron chi connectivity index (χ4n) is 1.27. The minimum atomic E-state index is -0.233. The van der Waals surface area contributed by atoms with E-state index in [0.717, 1.165) is 0 Å². The number of pyridine rings is 1. The van der Waals surface area contributed by atoms with Gasteiger partial charge in [0.15, 0.2) is 0 Å². The van der Waals surface area contributed by atoms with Gasteiger partial charge in [-0.1, -0.05) is 0 Å². The Morgan fingerprint density at radius 1 is 1.50 bits per heavy atom. The molecule has 0 aliphatic rings. The average molecular weight is 269 g/mol. The van der Waals surface area contributed by atoms with Gasteiger partial charge in [-0.2, -0.15) is 11.8 Å². The van der Waals surface area contributed by atoms with Gasteiger partial charge in [0.25, 0.3) is 5.56 Å². The molecule has 3 N–H and O–H groups in total. The fraction of sp³-hybridized carbons (Fsp3) is 0.500. The number of nitrogen functional groups attached to an aromatic ring is 1. The van der Waals surface area contributed by atoms with Crippen molar-refractivity contribution in [3.05, 3.63) is 28.7 Å². The Kier molecular flexibility index (Phi) is 4.84. The number of hydrogen-bond donors (Lipinski definition) is 2. The van der Waals surface area contributed by atoms with Crippen molar-refractivity contribution in [1.82, 2.24) is 9.88 Å². The number of nitrogens with zero attached hydrogens (tertiary/aromatic N) is 1. The van der Waals surface area contributed by atoms with E-state index in [2.05, 4.69) is 5.32 Å². The Bertz CT molecular complexity index is 482. The maximum Gasteiger partial charge on any atom is 0.251 e. The maximum atomic E-state index is 11.7. The molecule has 18 heavy (non-hydrogen) atoms. The molecule has 6 heteroatoms. The Morgan fingerprint density at radius 2 is 2.17 bits per heavy atom. The third-order valence-corrected chi connectivity index (χ3v) is 3.83. The van der Waals surface area contributed by atoms with E-state index in [-0.39, 0.29) is 22.8 Å². The van der Waals surface area contributed by atoms with Crippen LogP contribution < -0.4 is 16.6 Å². The van der Waals surface area contributed by atoms with Crippen LogP contribution in [0.15, 0.2) is 23.1 Å². The molecule has 0 fully saturated rings. The minimum Gasteiger partial charge on any atom is -0.398 e. The summed E-state index contributed by atoms with van der Waals surface area (Å²) in [5, 5.41) is 2.81. The van der Waals surface area contributed by atoms with E-state index in [0.29, 0.717) is 12.2 Å². The summed E-state index contributed by atoms with van der Waals surface area (Å²) < 4.78 is 1.28. The van der Waals surface area contributed by atoms with Crippen LogP contribution in [-0.4, -0.2) is 28.0 Å². The summed E-state index contributed by atoms with van der Waals surface area (Å²) in [4.78, 5) is 23.2. The third kappa shape index (κ3) is 4.44. The lowest BCUT2D eigenvalue weighted by atomic mass is 10.2. The van der Waals surface area contributed by atoms with E-state index in [9.17, 15) is 9.59 Å². The van der Waals surface area contributed by atoms with Crippen LogP contribution >= 0.6 is 11.8 Å². The van der Waals surface area contributed by atoms with Crippen molar-refractivity contribution in [2.24, 2.45) is 0 Å². The predicted molar refractivity (Wildman–Crippen MR) is 75.7 cm³/mol. The van der Waals surface area contributed by atoms with Crippen LogP contribution in [0.1, 0.15) is 13.8 Å². The highest BCUT2D eigenvalue weighted by molar-refractivity contribution is 7.99. The van der Waals surface area contributed by atoms with E-state index in [1.807, 2.05) is 20.1 Å². The molecule has 1 aromatic heterocycles. The van der Waals surface area contributed by atoms with Crippen LogP contribution in [0.2, 0.25) is 0 Å². The van der Waals surface area contributed by atoms with Crippen molar-refractivity contribution in [1.29, 1.82) is 0 Å². The van der Waals surface area contributed by atoms with Crippen molar-refractivity contribution in [2.45, 2.75) is 25.1 Å². The number of nitrogens with two attached hydrogens (primary N) is 1. The number of nitrogens with one attached hydrogen (secondary N) is 1. The Hall–Kier alpha value is -1.43. The molecular weight excluding hydrogens is 250 g/mol. The number of carbonyl (C=O) groups excluding carboxylic acids is 1. The molecule has 1 heterocycles. The van der Waals surface area contributed by atoms with Crippen LogP contribution in [0.25, 0.3) is 0 Å². The normalized spacial score (nSPS) is 11.3. The van der Waals surface area contributed by atoms with Crippen molar-refractivity contribution in [2.75, 3.05) is 18.5 Å². The smallest absolute Gasteiger partial charge is 0.251 e. The van der Waals surface area contributed by atoms with Crippen molar-refractivity contribution in [3.63, 3.8) is 0 Å². The van der Waals surface area contributed by atoms with Crippen molar-refractivity contribution >= 4 is 23.4 Å². The Labute approximate surface area is 111 Å². The van der Waals surface area contributed by atoms with Crippen LogP contribution in [0.3, 0.4) is 0 Å². The number of carbonyl (C=O) groups is 1. The molecule has 0 radical (unpaired) electrons. The third-order valence-electron chi connectivity index (χ3n) is 2.58. The zero-order chi connectivity index (χ0) is 13.8. The SMILES string of the molecule is CSC(C)(C)CNC(=O)Cn1cc(N)ccc1=O. The van der Waals surface area contributed by atoms with Crippen molar-refractivity contribution in [3.8, 4) is 0 Å². The number of thioether (sulfide) groups is 1. The molecule has 5 nitrogen and oxygen atoms in total. The molecule has 0 saturated carbocycles. The standard InChI is InChI=1S/C12H19N3O2S/c1-12(2,18-3)8-14-10(16)7-15-6-9(13)4-5-11(15)17/h4-6H,7-8,13H2,1-3H3,(H,14,16). The zero-order valence-electron chi connectivity index (χ0n) is 10.9. The molecule has 0 aliphatic heterocycles. The lowest BCUT2D eigenvalue weighted by Gasteiger charge is -2.22. The first-order chi connectivity index (χ1) is 8.34. The number of hydrogen-bond acceptors (Lipinski definition) is 4. The highest BCUT2D eigenvalue weighted by atomic mass is 32.2. The lowest BCUT2D eigenvalue weighted by molar-refractivity contribution is -0.121. The maximum absolute atomic E-state index is 11.7. The van der Waals surface area contributed by atoms with Crippen LogP contribution in [0, 0.1) is 0 Å².